The van der Waals surface area contributed by atoms with Crippen LogP contribution in [0.1, 0.15) is 40.7 Å². The van der Waals surface area contributed by atoms with Gasteiger partial charge in [-0.2, -0.15) is 0 Å². The van der Waals surface area contributed by atoms with Crippen LogP contribution in [0.25, 0.3) is 0 Å². The van der Waals surface area contributed by atoms with E-state index in [1.807, 2.05) is 0 Å². The van der Waals surface area contributed by atoms with Crippen molar-refractivity contribution < 1.29 is 29.5 Å². The summed E-state index contributed by atoms with van der Waals surface area (Å²) in [7, 11) is 0. The van der Waals surface area contributed by atoms with Crippen molar-refractivity contribution in [2.75, 3.05) is 11.9 Å². The van der Waals surface area contributed by atoms with Gasteiger partial charge in [-0.1, -0.05) is 11.8 Å². The number of hydrogen-bond donors (Lipinski definition) is 6. The Balaban J connectivity index is 1.93. The molecule has 10 heteroatoms. The van der Waals surface area contributed by atoms with Crippen LogP contribution in [0.15, 0.2) is 48.5 Å². The fourth-order valence-corrected chi connectivity index (χ4v) is 2.66. The maximum absolute atomic E-state index is 12.2. The monoisotopic (exact) mass is 452 g/mol. The van der Waals surface area contributed by atoms with Crippen molar-refractivity contribution in [1.82, 2.24) is 10.8 Å². The number of carbonyl (C=O) groups excluding carboxylic acids is 3. The molecule has 2 rings (SSSR count). The molecule has 0 aliphatic rings. The van der Waals surface area contributed by atoms with Gasteiger partial charge in [0, 0.05) is 41.8 Å². The second-order valence-corrected chi connectivity index (χ2v) is 6.94. The third kappa shape index (κ3) is 8.45. The quantitative estimate of drug-likeness (QED) is 0.186. The van der Waals surface area contributed by atoms with E-state index in [1.54, 1.807) is 48.5 Å². The lowest BCUT2D eigenvalue weighted by atomic mass is 10.1. The molecule has 2 aromatic carbocycles. The van der Waals surface area contributed by atoms with Crippen LogP contribution in [0.2, 0.25) is 0 Å². The number of rotatable bonds is 9. The van der Waals surface area contributed by atoms with Crippen molar-refractivity contribution in [3.8, 4) is 11.8 Å². The number of carboxylic acids is 1. The summed E-state index contributed by atoms with van der Waals surface area (Å²) in [6, 6.07) is 12.2. The highest BCUT2D eigenvalue weighted by Crippen LogP contribution is 2.11. The number of carbonyl (C=O) groups is 4. The summed E-state index contributed by atoms with van der Waals surface area (Å²) in [5, 5.41) is 22.4. The SMILES string of the molecule is NC[C@H](NC(=O)c1ccc(C#Cc2ccc(NC(=O)CCCC(=O)O)cc2)cc1)C(=O)NO. The average molecular weight is 452 g/mol. The summed E-state index contributed by atoms with van der Waals surface area (Å²) >= 11 is 0. The van der Waals surface area contributed by atoms with Crippen molar-refractivity contribution in [3.05, 3.63) is 65.2 Å². The van der Waals surface area contributed by atoms with Crippen molar-refractivity contribution in [2.45, 2.75) is 25.3 Å². The first-order chi connectivity index (χ1) is 15.8. The highest BCUT2D eigenvalue weighted by molar-refractivity contribution is 5.97. The Kier molecular flexibility index (Phi) is 9.57. The molecule has 2 aromatic rings. The molecule has 0 heterocycles. The van der Waals surface area contributed by atoms with Crippen LogP contribution in [0.5, 0.6) is 0 Å². The van der Waals surface area contributed by atoms with Crippen LogP contribution >= 0.6 is 0 Å². The van der Waals surface area contributed by atoms with Gasteiger partial charge in [-0.25, -0.2) is 5.48 Å². The maximum atomic E-state index is 12.2. The van der Waals surface area contributed by atoms with Gasteiger partial charge in [-0.15, -0.1) is 0 Å². The summed E-state index contributed by atoms with van der Waals surface area (Å²) < 4.78 is 0. The molecular weight excluding hydrogens is 428 g/mol. The number of hydroxylamine groups is 1. The Bertz CT molecular complexity index is 1060. The van der Waals surface area contributed by atoms with Crippen LogP contribution in [0, 0.1) is 11.8 Å². The largest absolute Gasteiger partial charge is 0.481 e. The van der Waals surface area contributed by atoms with E-state index in [0.717, 1.165) is 0 Å². The zero-order valence-corrected chi connectivity index (χ0v) is 17.6. The zero-order chi connectivity index (χ0) is 24.2. The van der Waals surface area contributed by atoms with Crippen molar-refractivity contribution in [1.29, 1.82) is 0 Å². The van der Waals surface area contributed by atoms with Gasteiger partial charge >= 0.3 is 5.97 Å². The first-order valence-corrected chi connectivity index (χ1v) is 10.0. The summed E-state index contributed by atoms with van der Waals surface area (Å²) in [5.74, 6) is 3.42. The highest BCUT2D eigenvalue weighted by Gasteiger charge is 2.19. The minimum Gasteiger partial charge on any atom is -0.481 e. The van der Waals surface area contributed by atoms with Crippen LogP contribution in [-0.4, -0.2) is 46.6 Å². The van der Waals surface area contributed by atoms with Gasteiger partial charge in [0.15, 0.2) is 0 Å². The predicted molar refractivity (Wildman–Crippen MR) is 119 cm³/mol. The molecule has 0 saturated carbocycles. The smallest absolute Gasteiger partial charge is 0.303 e. The van der Waals surface area contributed by atoms with Crippen molar-refractivity contribution in [2.24, 2.45) is 5.73 Å². The third-order valence-electron chi connectivity index (χ3n) is 4.43. The second kappa shape index (κ2) is 12.6. The minimum atomic E-state index is -1.06. The predicted octanol–water partition coefficient (Wildman–Crippen LogP) is 0.842. The van der Waals surface area contributed by atoms with Crippen molar-refractivity contribution in [3.63, 3.8) is 0 Å². The fourth-order valence-electron chi connectivity index (χ4n) is 2.66. The number of hydrogen-bond acceptors (Lipinski definition) is 6. The first kappa shape index (κ1) is 25.1. The van der Waals surface area contributed by atoms with E-state index in [1.165, 1.54) is 5.48 Å². The molecule has 0 spiro atoms. The second-order valence-electron chi connectivity index (χ2n) is 6.94. The van der Waals surface area contributed by atoms with E-state index in [4.69, 9.17) is 16.0 Å². The summed E-state index contributed by atoms with van der Waals surface area (Å²) in [4.78, 5) is 45.9. The Morgan fingerprint density at radius 1 is 0.909 bits per heavy atom. The lowest BCUT2D eigenvalue weighted by molar-refractivity contribution is -0.137. The Labute approximate surface area is 190 Å². The maximum Gasteiger partial charge on any atom is 0.303 e. The summed E-state index contributed by atoms with van der Waals surface area (Å²) in [6.45, 7) is -0.172. The van der Waals surface area contributed by atoms with Crippen LogP contribution < -0.4 is 21.8 Å². The molecule has 0 bridgehead atoms. The van der Waals surface area contributed by atoms with Crippen LogP contribution in [-0.2, 0) is 14.4 Å². The number of anilines is 1. The number of benzene rings is 2. The van der Waals surface area contributed by atoms with Gasteiger partial charge in [0.1, 0.15) is 6.04 Å². The zero-order valence-electron chi connectivity index (χ0n) is 17.6. The minimum absolute atomic E-state index is 0.0529. The summed E-state index contributed by atoms with van der Waals surface area (Å²) in [5.41, 5.74) is 9.11. The molecule has 0 fully saturated rings. The lowest BCUT2D eigenvalue weighted by Gasteiger charge is -2.14. The molecule has 3 amide bonds. The molecule has 7 N–H and O–H groups in total. The molecule has 0 aromatic heterocycles. The van der Waals surface area contributed by atoms with Crippen LogP contribution in [0.4, 0.5) is 5.69 Å². The molecule has 10 nitrogen and oxygen atoms in total. The summed E-state index contributed by atoms with van der Waals surface area (Å²) in [6.07, 6.45) is 0.350. The molecule has 0 unspecified atom stereocenters. The Morgan fingerprint density at radius 2 is 1.48 bits per heavy atom. The molecule has 0 aliphatic heterocycles. The number of nitrogens with two attached hydrogens (primary N) is 1. The third-order valence-corrected chi connectivity index (χ3v) is 4.43. The van der Waals surface area contributed by atoms with Gasteiger partial charge in [-0.05, 0) is 55.0 Å². The topological polar surface area (TPSA) is 171 Å². The van der Waals surface area contributed by atoms with E-state index >= 15 is 0 Å². The average Bonchev–Trinajstić information content (AvgIpc) is 2.81. The van der Waals surface area contributed by atoms with Crippen LogP contribution in [0.3, 0.4) is 0 Å². The Morgan fingerprint density at radius 3 is 2.00 bits per heavy atom. The van der Waals surface area contributed by atoms with Gasteiger partial charge < -0.3 is 21.5 Å². The lowest BCUT2D eigenvalue weighted by Crippen LogP contribution is -2.50. The van der Waals surface area contributed by atoms with Gasteiger partial charge in [0.25, 0.3) is 11.8 Å². The molecule has 1 atom stereocenters. The number of aliphatic carboxylic acids is 1. The van der Waals surface area contributed by atoms with Gasteiger partial charge in [-0.3, -0.25) is 24.4 Å². The van der Waals surface area contributed by atoms with E-state index in [0.29, 0.717) is 22.4 Å². The molecule has 33 heavy (non-hydrogen) atoms. The number of amides is 3. The van der Waals surface area contributed by atoms with Gasteiger partial charge in [0.2, 0.25) is 5.91 Å². The van der Waals surface area contributed by atoms with Gasteiger partial charge in [0.05, 0.1) is 0 Å². The number of carboxylic acid groups (broad SMARTS) is 1. The van der Waals surface area contributed by atoms with E-state index in [-0.39, 0.29) is 31.7 Å². The normalized spacial score (nSPS) is 10.8. The molecule has 0 saturated heterocycles. The molecule has 0 aliphatic carbocycles. The molecule has 0 radical (unpaired) electrons. The standard InChI is InChI=1S/C23H24N4O6/c24-14-19(23(32)27-33)26-22(31)17-10-6-15(7-11-17)4-5-16-8-12-18(13-9-16)25-20(28)2-1-3-21(29)30/h6-13,19,33H,1-3,14,24H2,(H,25,28)(H,26,31)(H,27,32)(H,29,30)/t19-/m0/s1. The van der Waals surface area contributed by atoms with E-state index < -0.39 is 23.8 Å². The number of nitrogens with one attached hydrogen (secondary N) is 3. The van der Waals surface area contributed by atoms with Crippen molar-refractivity contribution >= 4 is 29.4 Å². The fraction of sp³-hybridized carbons (Fsp3) is 0.217. The van der Waals surface area contributed by atoms with E-state index in [2.05, 4.69) is 22.5 Å². The first-order valence-electron chi connectivity index (χ1n) is 10.0. The Hall–Kier alpha value is -4.20. The molecular formula is C23H24N4O6. The highest BCUT2D eigenvalue weighted by atomic mass is 16.5. The molecule has 172 valence electrons. The van der Waals surface area contributed by atoms with E-state index in [9.17, 15) is 19.2 Å².